The maximum Gasteiger partial charge on any atom is 0.303 e. The molecule has 0 amide bonds. The first-order chi connectivity index (χ1) is 10.9. The van der Waals surface area contributed by atoms with Crippen molar-refractivity contribution in [3.05, 3.63) is 29.8 Å². The molecule has 2 atom stereocenters. The summed E-state index contributed by atoms with van der Waals surface area (Å²) >= 11 is 0. The molecule has 0 saturated heterocycles. The monoisotopic (exact) mass is 345 g/mol. The molecule has 8 heteroatoms. The molecule has 0 spiro atoms. The normalized spacial score (nSPS) is 14.9. The molecule has 0 aliphatic heterocycles. The Kier molecular flexibility index (Phi) is 8.26. The summed E-state index contributed by atoms with van der Waals surface area (Å²) in [6.07, 6.45) is 0.0771. The van der Waals surface area contributed by atoms with E-state index in [4.69, 9.17) is 20.3 Å². The number of carboxylic acids is 1. The van der Waals surface area contributed by atoms with E-state index in [9.17, 15) is 14.3 Å². The van der Waals surface area contributed by atoms with Crippen LogP contribution < -0.4 is 10.5 Å². The van der Waals surface area contributed by atoms with Gasteiger partial charge in [-0.05, 0) is 24.5 Å². The number of methoxy groups -OCH3 is 1. The Balaban J connectivity index is 2.62. The third kappa shape index (κ3) is 7.14. The van der Waals surface area contributed by atoms with Gasteiger partial charge in [0.2, 0.25) is 7.37 Å². The SMILES string of the molecule is COCCOc1ccccc1CCP(=O)(O)C(N)CCC(=O)O. The number of carboxylic acid groups (broad SMARTS) is 1. The number of benzene rings is 1. The summed E-state index contributed by atoms with van der Waals surface area (Å²) in [4.78, 5) is 20.6. The molecule has 1 aromatic rings. The smallest absolute Gasteiger partial charge is 0.303 e. The van der Waals surface area contributed by atoms with Crippen molar-refractivity contribution < 1.29 is 28.8 Å². The average Bonchev–Trinajstić information content (AvgIpc) is 2.51. The molecular formula is C15H24NO6P. The summed E-state index contributed by atoms with van der Waals surface area (Å²) in [7, 11) is -2.04. The van der Waals surface area contributed by atoms with Gasteiger partial charge in [0.1, 0.15) is 12.4 Å². The third-order valence-electron chi connectivity index (χ3n) is 3.39. The van der Waals surface area contributed by atoms with Gasteiger partial charge in [0.25, 0.3) is 0 Å². The van der Waals surface area contributed by atoms with Crippen molar-refractivity contribution >= 4 is 13.3 Å². The summed E-state index contributed by atoms with van der Waals surface area (Å²) < 4.78 is 22.7. The van der Waals surface area contributed by atoms with E-state index in [1.165, 1.54) is 0 Å². The Morgan fingerprint density at radius 2 is 2.04 bits per heavy atom. The van der Waals surface area contributed by atoms with Crippen LogP contribution in [0.3, 0.4) is 0 Å². The third-order valence-corrected chi connectivity index (χ3v) is 5.55. The van der Waals surface area contributed by atoms with Crippen molar-refractivity contribution in [3.63, 3.8) is 0 Å². The molecule has 1 rings (SSSR count). The van der Waals surface area contributed by atoms with Crippen molar-refractivity contribution in [2.45, 2.75) is 25.0 Å². The van der Waals surface area contributed by atoms with Gasteiger partial charge in [-0.25, -0.2) is 0 Å². The minimum Gasteiger partial charge on any atom is -0.491 e. The second-order valence-electron chi connectivity index (χ2n) is 5.18. The number of para-hydroxylation sites is 1. The lowest BCUT2D eigenvalue weighted by atomic mass is 10.1. The van der Waals surface area contributed by atoms with Gasteiger partial charge in [0, 0.05) is 19.7 Å². The van der Waals surface area contributed by atoms with Gasteiger partial charge in [-0.15, -0.1) is 0 Å². The van der Waals surface area contributed by atoms with E-state index >= 15 is 0 Å². The molecule has 0 aliphatic rings. The number of nitrogens with two attached hydrogens (primary N) is 1. The van der Waals surface area contributed by atoms with Gasteiger partial charge in [0.15, 0.2) is 0 Å². The summed E-state index contributed by atoms with van der Waals surface area (Å²) in [6.45, 7) is 0.843. The lowest BCUT2D eigenvalue weighted by Gasteiger charge is -2.19. The fourth-order valence-electron chi connectivity index (χ4n) is 2.01. The molecule has 0 saturated carbocycles. The van der Waals surface area contributed by atoms with Crippen molar-refractivity contribution in [3.8, 4) is 5.75 Å². The molecule has 7 nitrogen and oxygen atoms in total. The van der Waals surface area contributed by atoms with Crippen LogP contribution in [0.5, 0.6) is 5.75 Å². The minimum absolute atomic E-state index is 0.0154. The average molecular weight is 345 g/mol. The quantitative estimate of drug-likeness (QED) is 0.412. The molecule has 0 bridgehead atoms. The first kappa shape index (κ1) is 19.6. The van der Waals surface area contributed by atoms with Crippen molar-refractivity contribution in [1.29, 1.82) is 0 Å². The van der Waals surface area contributed by atoms with Gasteiger partial charge in [-0.2, -0.15) is 0 Å². The first-order valence-corrected chi connectivity index (χ1v) is 9.26. The molecule has 0 aromatic heterocycles. The second kappa shape index (κ2) is 9.67. The van der Waals surface area contributed by atoms with E-state index in [1.807, 2.05) is 18.2 Å². The van der Waals surface area contributed by atoms with E-state index < -0.39 is 19.1 Å². The molecule has 0 heterocycles. The first-order valence-electron chi connectivity index (χ1n) is 7.35. The Morgan fingerprint density at radius 1 is 1.35 bits per heavy atom. The van der Waals surface area contributed by atoms with Crippen LogP contribution in [-0.4, -0.2) is 48.2 Å². The zero-order chi connectivity index (χ0) is 17.3. The second-order valence-corrected chi connectivity index (χ2v) is 7.80. The van der Waals surface area contributed by atoms with E-state index in [0.29, 0.717) is 25.4 Å². The fraction of sp³-hybridized carbons (Fsp3) is 0.533. The highest BCUT2D eigenvalue weighted by atomic mass is 31.2. The van der Waals surface area contributed by atoms with Crippen LogP contribution in [-0.2, 0) is 20.5 Å². The molecule has 4 N–H and O–H groups in total. The van der Waals surface area contributed by atoms with Gasteiger partial charge in [0.05, 0.1) is 12.4 Å². The Labute approximate surface area is 135 Å². The van der Waals surface area contributed by atoms with Crippen LogP contribution in [0.2, 0.25) is 0 Å². The van der Waals surface area contributed by atoms with Crippen LogP contribution >= 0.6 is 7.37 Å². The van der Waals surface area contributed by atoms with Gasteiger partial charge in [-0.1, -0.05) is 18.2 Å². The lowest BCUT2D eigenvalue weighted by molar-refractivity contribution is -0.137. The number of rotatable bonds is 11. The lowest BCUT2D eigenvalue weighted by Crippen LogP contribution is -2.23. The molecule has 23 heavy (non-hydrogen) atoms. The zero-order valence-corrected chi connectivity index (χ0v) is 14.1. The van der Waals surface area contributed by atoms with E-state index in [1.54, 1.807) is 13.2 Å². The molecular weight excluding hydrogens is 321 g/mol. The van der Waals surface area contributed by atoms with Crippen molar-refractivity contribution in [1.82, 2.24) is 0 Å². The summed E-state index contributed by atoms with van der Waals surface area (Å²) in [6, 6.07) is 7.26. The number of hydrogen-bond acceptors (Lipinski definition) is 5. The van der Waals surface area contributed by atoms with Crippen LogP contribution in [0.1, 0.15) is 18.4 Å². The van der Waals surface area contributed by atoms with E-state index in [-0.39, 0.29) is 19.0 Å². The van der Waals surface area contributed by atoms with Gasteiger partial charge >= 0.3 is 5.97 Å². The molecule has 1 aromatic carbocycles. The fourth-order valence-corrected chi connectivity index (χ4v) is 3.43. The zero-order valence-electron chi connectivity index (χ0n) is 13.2. The Bertz CT molecular complexity index is 551. The highest BCUT2D eigenvalue weighted by Crippen LogP contribution is 2.46. The van der Waals surface area contributed by atoms with Crippen LogP contribution in [0.4, 0.5) is 0 Å². The van der Waals surface area contributed by atoms with Gasteiger partial charge in [-0.3, -0.25) is 9.36 Å². The van der Waals surface area contributed by atoms with Crippen LogP contribution in [0.25, 0.3) is 0 Å². The maximum absolute atomic E-state index is 12.2. The van der Waals surface area contributed by atoms with E-state index in [2.05, 4.69) is 0 Å². The maximum atomic E-state index is 12.2. The van der Waals surface area contributed by atoms with Gasteiger partial charge < -0.3 is 25.2 Å². The highest BCUT2D eigenvalue weighted by Gasteiger charge is 2.28. The van der Waals surface area contributed by atoms with Crippen molar-refractivity contribution in [2.24, 2.45) is 5.73 Å². The largest absolute Gasteiger partial charge is 0.491 e. The topological polar surface area (TPSA) is 119 Å². The Hall–Kier alpha value is -1.40. The number of hydrogen-bond donors (Lipinski definition) is 3. The predicted octanol–water partition coefficient (Wildman–Crippen LogP) is 1.67. The molecule has 0 radical (unpaired) electrons. The standard InChI is InChI=1S/C15H24NO6P/c1-21-9-10-22-13-5-3-2-4-12(13)8-11-23(19,20)14(16)6-7-15(17)18/h2-5,14H,6-11,16H2,1H3,(H,17,18)(H,19,20). The number of aliphatic carboxylic acids is 1. The predicted molar refractivity (Wildman–Crippen MR) is 87.1 cm³/mol. The minimum atomic E-state index is -3.62. The van der Waals surface area contributed by atoms with Crippen LogP contribution in [0.15, 0.2) is 24.3 Å². The Morgan fingerprint density at radius 3 is 2.70 bits per heavy atom. The van der Waals surface area contributed by atoms with E-state index in [0.717, 1.165) is 5.56 Å². The summed E-state index contributed by atoms with van der Waals surface area (Å²) in [5.41, 5.74) is 6.48. The van der Waals surface area contributed by atoms with Crippen molar-refractivity contribution in [2.75, 3.05) is 26.5 Å². The molecule has 0 aliphatic carbocycles. The molecule has 130 valence electrons. The van der Waals surface area contributed by atoms with Crippen LogP contribution in [0, 0.1) is 0 Å². The number of aryl methyl sites for hydroxylation is 1. The highest BCUT2D eigenvalue weighted by molar-refractivity contribution is 7.58. The molecule has 2 unspecified atom stereocenters. The number of carbonyl (C=O) groups is 1. The summed E-state index contributed by atoms with van der Waals surface area (Å²) in [5, 5.41) is 8.62. The number of ether oxygens (including phenoxy) is 2. The summed E-state index contributed by atoms with van der Waals surface area (Å²) in [5.74, 6) is -1.42. The molecule has 0 fully saturated rings.